The summed E-state index contributed by atoms with van der Waals surface area (Å²) < 4.78 is 0. The van der Waals surface area contributed by atoms with Crippen LogP contribution in [0.3, 0.4) is 0 Å². The highest BCUT2D eigenvalue weighted by Gasteiger charge is 2.09. The van der Waals surface area contributed by atoms with Crippen LogP contribution >= 0.6 is 0 Å². The average Bonchev–Trinajstić information content (AvgIpc) is 2.02. The van der Waals surface area contributed by atoms with E-state index in [4.69, 9.17) is 11.0 Å². The van der Waals surface area contributed by atoms with Crippen molar-refractivity contribution in [1.29, 1.82) is 5.26 Å². The fraction of sp³-hybridized carbons (Fsp3) is 0.750. The molecule has 0 aromatic carbocycles. The van der Waals surface area contributed by atoms with Gasteiger partial charge >= 0.3 is 0 Å². The molecule has 0 radical (unpaired) electrons. The minimum atomic E-state index is -0.345. The van der Waals surface area contributed by atoms with Gasteiger partial charge in [-0.1, -0.05) is 6.92 Å². The van der Waals surface area contributed by atoms with Gasteiger partial charge in [0.2, 0.25) is 5.91 Å². The van der Waals surface area contributed by atoms with Gasteiger partial charge in [0.15, 0.2) is 0 Å². The third-order valence-corrected chi connectivity index (χ3v) is 1.58. The van der Waals surface area contributed by atoms with Crippen LogP contribution in [0.5, 0.6) is 0 Å². The molecule has 0 aliphatic carbocycles. The molecule has 4 heteroatoms. The Morgan fingerprint density at radius 2 is 2.33 bits per heavy atom. The van der Waals surface area contributed by atoms with Crippen LogP contribution in [0.2, 0.25) is 0 Å². The first-order chi connectivity index (χ1) is 5.60. The van der Waals surface area contributed by atoms with Crippen molar-refractivity contribution in [2.24, 2.45) is 11.7 Å². The largest absolute Gasteiger partial charge is 0.369 e. The SMILES string of the molecule is CCN(CC(N)=O)CC(C)C#N. The van der Waals surface area contributed by atoms with Crippen molar-refractivity contribution >= 4 is 5.91 Å². The van der Waals surface area contributed by atoms with Gasteiger partial charge in [-0.25, -0.2) is 0 Å². The summed E-state index contributed by atoms with van der Waals surface area (Å²) in [6.45, 7) is 5.35. The van der Waals surface area contributed by atoms with E-state index in [1.807, 2.05) is 18.7 Å². The second-order valence-corrected chi connectivity index (χ2v) is 2.82. The molecule has 0 saturated carbocycles. The van der Waals surface area contributed by atoms with Crippen molar-refractivity contribution < 1.29 is 4.79 Å². The summed E-state index contributed by atoms with van der Waals surface area (Å²) in [6, 6.07) is 2.11. The van der Waals surface area contributed by atoms with Gasteiger partial charge in [-0.3, -0.25) is 9.69 Å². The molecular formula is C8H15N3O. The molecule has 0 spiro atoms. The van der Waals surface area contributed by atoms with E-state index in [0.29, 0.717) is 6.54 Å². The van der Waals surface area contributed by atoms with Crippen molar-refractivity contribution in [1.82, 2.24) is 4.90 Å². The smallest absolute Gasteiger partial charge is 0.231 e. The van der Waals surface area contributed by atoms with Crippen LogP contribution in [0.1, 0.15) is 13.8 Å². The number of hydrogen-bond donors (Lipinski definition) is 1. The van der Waals surface area contributed by atoms with Crippen LogP contribution in [-0.2, 0) is 4.79 Å². The summed E-state index contributed by atoms with van der Waals surface area (Å²) in [5, 5.41) is 8.52. The Kier molecular flexibility index (Phi) is 5.06. The van der Waals surface area contributed by atoms with Crippen LogP contribution in [0.25, 0.3) is 0 Å². The predicted molar refractivity (Wildman–Crippen MR) is 46.1 cm³/mol. The number of likely N-dealkylation sites (N-methyl/N-ethyl adjacent to an activating group) is 1. The maximum atomic E-state index is 10.5. The van der Waals surface area contributed by atoms with E-state index in [1.165, 1.54) is 0 Å². The van der Waals surface area contributed by atoms with Gasteiger partial charge in [0, 0.05) is 6.54 Å². The Morgan fingerprint density at radius 3 is 2.67 bits per heavy atom. The summed E-state index contributed by atoms with van der Waals surface area (Å²) >= 11 is 0. The summed E-state index contributed by atoms with van der Waals surface area (Å²) in [7, 11) is 0. The average molecular weight is 169 g/mol. The Balaban J connectivity index is 3.84. The van der Waals surface area contributed by atoms with Crippen LogP contribution in [0, 0.1) is 17.2 Å². The van der Waals surface area contributed by atoms with E-state index in [9.17, 15) is 4.79 Å². The van der Waals surface area contributed by atoms with E-state index < -0.39 is 0 Å². The molecule has 0 bridgehead atoms. The van der Waals surface area contributed by atoms with Crippen molar-refractivity contribution in [3.8, 4) is 6.07 Å². The fourth-order valence-electron chi connectivity index (χ4n) is 0.954. The summed E-state index contributed by atoms with van der Waals surface area (Å²) in [5.41, 5.74) is 5.02. The minimum absolute atomic E-state index is 0.0516. The number of nitrogens with two attached hydrogens (primary N) is 1. The van der Waals surface area contributed by atoms with E-state index in [-0.39, 0.29) is 18.4 Å². The number of carbonyl (C=O) groups excluding carboxylic acids is 1. The molecule has 4 nitrogen and oxygen atoms in total. The molecule has 0 aromatic heterocycles. The maximum Gasteiger partial charge on any atom is 0.231 e. The Labute approximate surface area is 72.9 Å². The van der Waals surface area contributed by atoms with Gasteiger partial charge < -0.3 is 5.73 Å². The van der Waals surface area contributed by atoms with Crippen molar-refractivity contribution in [2.45, 2.75) is 13.8 Å². The lowest BCUT2D eigenvalue weighted by Gasteiger charge is -2.19. The second kappa shape index (κ2) is 5.56. The first-order valence-electron chi connectivity index (χ1n) is 4.00. The summed E-state index contributed by atoms with van der Waals surface area (Å²) in [5.74, 6) is -0.397. The molecule has 1 atom stereocenters. The third-order valence-electron chi connectivity index (χ3n) is 1.58. The lowest BCUT2D eigenvalue weighted by Crippen LogP contribution is -2.36. The molecule has 2 N–H and O–H groups in total. The normalized spacial score (nSPS) is 12.5. The zero-order chi connectivity index (χ0) is 9.56. The topological polar surface area (TPSA) is 70.1 Å². The fourth-order valence-corrected chi connectivity index (χ4v) is 0.954. The molecule has 0 aromatic rings. The minimum Gasteiger partial charge on any atom is -0.369 e. The van der Waals surface area contributed by atoms with Gasteiger partial charge in [0.1, 0.15) is 0 Å². The standard InChI is InChI=1S/C8H15N3O/c1-3-11(6-8(10)12)5-7(2)4-9/h7H,3,5-6H2,1-2H3,(H2,10,12). The van der Waals surface area contributed by atoms with Gasteiger partial charge in [-0.05, 0) is 13.5 Å². The molecule has 0 heterocycles. The van der Waals surface area contributed by atoms with E-state index in [1.54, 1.807) is 0 Å². The molecule has 12 heavy (non-hydrogen) atoms. The van der Waals surface area contributed by atoms with Crippen LogP contribution in [0.4, 0.5) is 0 Å². The lowest BCUT2D eigenvalue weighted by atomic mass is 10.2. The molecule has 0 aliphatic heterocycles. The summed E-state index contributed by atoms with van der Waals surface area (Å²) in [6.07, 6.45) is 0. The molecular weight excluding hydrogens is 154 g/mol. The Bertz CT molecular complexity index is 185. The highest BCUT2D eigenvalue weighted by atomic mass is 16.1. The monoisotopic (exact) mass is 169 g/mol. The highest BCUT2D eigenvalue weighted by molar-refractivity contribution is 5.75. The molecule has 1 amide bonds. The number of nitrogens with zero attached hydrogens (tertiary/aromatic N) is 2. The number of amides is 1. The first-order valence-corrected chi connectivity index (χ1v) is 4.00. The highest BCUT2D eigenvalue weighted by Crippen LogP contribution is 1.96. The van der Waals surface area contributed by atoms with Crippen LogP contribution in [-0.4, -0.2) is 30.4 Å². The number of primary amides is 1. The van der Waals surface area contributed by atoms with E-state index in [0.717, 1.165) is 6.54 Å². The second-order valence-electron chi connectivity index (χ2n) is 2.82. The molecule has 1 unspecified atom stereocenters. The van der Waals surface area contributed by atoms with Crippen LogP contribution < -0.4 is 5.73 Å². The number of rotatable bonds is 5. The molecule has 0 fully saturated rings. The Hall–Kier alpha value is -1.08. The van der Waals surface area contributed by atoms with Gasteiger partial charge in [-0.2, -0.15) is 5.26 Å². The van der Waals surface area contributed by atoms with E-state index in [2.05, 4.69) is 6.07 Å². The molecule has 68 valence electrons. The van der Waals surface area contributed by atoms with Crippen molar-refractivity contribution in [2.75, 3.05) is 19.6 Å². The zero-order valence-electron chi connectivity index (χ0n) is 7.58. The van der Waals surface area contributed by atoms with Crippen molar-refractivity contribution in [3.63, 3.8) is 0 Å². The number of hydrogen-bond acceptors (Lipinski definition) is 3. The predicted octanol–water partition coefficient (Wildman–Crippen LogP) is -0.0467. The lowest BCUT2D eigenvalue weighted by molar-refractivity contribution is -0.119. The number of carbonyl (C=O) groups is 1. The van der Waals surface area contributed by atoms with Gasteiger partial charge in [0.25, 0.3) is 0 Å². The van der Waals surface area contributed by atoms with Crippen molar-refractivity contribution in [3.05, 3.63) is 0 Å². The maximum absolute atomic E-state index is 10.5. The zero-order valence-corrected chi connectivity index (χ0v) is 7.58. The summed E-state index contributed by atoms with van der Waals surface area (Å²) in [4.78, 5) is 12.4. The molecule has 0 aliphatic rings. The Morgan fingerprint density at radius 1 is 1.75 bits per heavy atom. The van der Waals surface area contributed by atoms with E-state index >= 15 is 0 Å². The number of nitriles is 1. The van der Waals surface area contributed by atoms with Gasteiger partial charge in [-0.15, -0.1) is 0 Å². The quantitative estimate of drug-likeness (QED) is 0.627. The first kappa shape index (κ1) is 10.9. The third kappa shape index (κ3) is 4.69. The molecule has 0 rings (SSSR count). The van der Waals surface area contributed by atoms with Crippen LogP contribution in [0.15, 0.2) is 0 Å². The van der Waals surface area contributed by atoms with Gasteiger partial charge in [0.05, 0.1) is 18.5 Å². The molecule has 0 saturated heterocycles.